The van der Waals surface area contributed by atoms with E-state index in [4.69, 9.17) is 4.74 Å². The van der Waals surface area contributed by atoms with Crippen molar-refractivity contribution in [3.63, 3.8) is 0 Å². The average molecular weight is 509 g/mol. The molecule has 1 fully saturated rings. The first-order chi connectivity index (χ1) is 17.7. The number of carbonyl (C=O) groups excluding carboxylic acids is 1. The fraction of sp³-hybridized carbons (Fsp3) is 0.548. The number of nitrogens with zero attached hydrogens (tertiary/aromatic N) is 1. The van der Waals surface area contributed by atoms with Gasteiger partial charge in [-0.2, -0.15) is 0 Å². The van der Waals surface area contributed by atoms with Gasteiger partial charge in [0.1, 0.15) is 5.75 Å². The summed E-state index contributed by atoms with van der Waals surface area (Å²) in [5.74, 6) is 0.409. The zero-order valence-corrected chi connectivity index (χ0v) is 23.0. The predicted molar refractivity (Wildman–Crippen MR) is 149 cm³/mol. The quantitative estimate of drug-likeness (QED) is 0.306. The molecular weight excluding hydrogens is 464 g/mol. The summed E-state index contributed by atoms with van der Waals surface area (Å²) < 4.78 is 5.78. The van der Waals surface area contributed by atoms with Crippen LogP contribution in [-0.2, 0) is 16.0 Å². The molecule has 37 heavy (non-hydrogen) atoms. The molecule has 1 unspecified atom stereocenters. The number of carbonyl (C=O) groups is 2. The van der Waals surface area contributed by atoms with Gasteiger partial charge in [0.05, 0.1) is 24.5 Å². The lowest BCUT2D eigenvalue weighted by Crippen LogP contribution is -2.34. The minimum atomic E-state index is -0.791. The minimum absolute atomic E-state index is 0.0173. The third-order valence-corrected chi connectivity index (χ3v) is 7.13. The van der Waals surface area contributed by atoms with Gasteiger partial charge >= 0.3 is 5.97 Å². The highest BCUT2D eigenvalue weighted by Crippen LogP contribution is 2.32. The number of rotatable bonds is 13. The first kappa shape index (κ1) is 28.5. The Labute approximate surface area is 222 Å². The van der Waals surface area contributed by atoms with Crippen molar-refractivity contribution in [2.75, 3.05) is 24.6 Å². The number of hydrogen-bond acceptors (Lipinski definition) is 4. The highest BCUT2D eigenvalue weighted by Gasteiger charge is 2.26. The van der Waals surface area contributed by atoms with Crippen LogP contribution in [0.25, 0.3) is 0 Å². The van der Waals surface area contributed by atoms with Crippen molar-refractivity contribution in [2.45, 2.75) is 78.7 Å². The zero-order chi connectivity index (χ0) is 26.8. The Morgan fingerprint density at radius 2 is 1.70 bits per heavy atom. The topological polar surface area (TPSA) is 78.9 Å². The fourth-order valence-corrected chi connectivity index (χ4v) is 4.89. The van der Waals surface area contributed by atoms with Crippen LogP contribution in [-0.4, -0.2) is 36.7 Å². The maximum absolute atomic E-state index is 13.1. The maximum Gasteiger partial charge on any atom is 0.309 e. The Bertz CT molecular complexity index is 1010. The first-order valence-corrected chi connectivity index (χ1v) is 13.7. The standard InChI is InChI=1S/C31H44N2O4/c1-23(2)21-27(26-11-6-7-12-28(26)33-18-8-5-9-19-33)32-29(34)22-24-13-15-25(16-14-24)37-20-10-17-31(3,4)30(35)36/h6-7,11-16,23,27H,5,8-10,17-22H2,1-4H3,(H,32,34)(H,35,36). The van der Waals surface area contributed by atoms with Crippen molar-refractivity contribution in [1.82, 2.24) is 5.32 Å². The summed E-state index contributed by atoms with van der Waals surface area (Å²) in [7, 11) is 0. The Morgan fingerprint density at radius 1 is 1.03 bits per heavy atom. The molecule has 6 heteroatoms. The Balaban J connectivity index is 1.58. The molecule has 2 aromatic rings. The summed E-state index contributed by atoms with van der Waals surface area (Å²) in [5, 5.41) is 12.5. The van der Waals surface area contributed by atoms with Gasteiger partial charge in [-0.1, -0.05) is 44.2 Å². The largest absolute Gasteiger partial charge is 0.494 e. The second-order valence-corrected chi connectivity index (χ2v) is 11.3. The number of amides is 1. The molecule has 202 valence electrons. The summed E-state index contributed by atoms with van der Waals surface area (Å²) in [6.07, 6.45) is 6.15. The van der Waals surface area contributed by atoms with Gasteiger partial charge in [0.15, 0.2) is 0 Å². The highest BCUT2D eigenvalue weighted by molar-refractivity contribution is 5.79. The summed E-state index contributed by atoms with van der Waals surface area (Å²) >= 11 is 0. The van der Waals surface area contributed by atoms with E-state index in [9.17, 15) is 14.7 Å². The van der Waals surface area contributed by atoms with E-state index in [1.807, 2.05) is 24.3 Å². The third-order valence-electron chi connectivity index (χ3n) is 7.13. The number of aliphatic carboxylic acids is 1. The molecule has 6 nitrogen and oxygen atoms in total. The maximum atomic E-state index is 13.1. The van der Waals surface area contributed by atoms with Gasteiger partial charge < -0.3 is 20.1 Å². The monoisotopic (exact) mass is 508 g/mol. The summed E-state index contributed by atoms with van der Waals surface area (Å²) in [5.41, 5.74) is 2.65. The van der Waals surface area contributed by atoms with Crippen molar-refractivity contribution >= 4 is 17.6 Å². The number of carboxylic acid groups (broad SMARTS) is 1. The molecule has 1 saturated heterocycles. The molecule has 0 aromatic heterocycles. The number of piperidine rings is 1. The highest BCUT2D eigenvalue weighted by atomic mass is 16.5. The predicted octanol–water partition coefficient (Wildman–Crippen LogP) is 6.39. The van der Waals surface area contributed by atoms with Gasteiger partial charge in [0.25, 0.3) is 0 Å². The van der Waals surface area contributed by atoms with Crippen LogP contribution in [0.2, 0.25) is 0 Å². The lowest BCUT2D eigenvalue weighted by molar-refractivity contribution is -0.147. The summed E-state index contributed by atoms with van der Waals surface area (Å²) in [6, 6.07) is 16.1. The molecule has 0 spiro atoms. The zero-order valence-electron chi connectivity index (χ0n) is 23.0. The average Bonchev–Trinajstić information content (AvgIpc) is 2.87. The molecule has 0 bridgehead atoms. The van der Waals surface area contributed by atoms with E-state index in [-0.39, 0.29) is 11.9 Å². The van der Waals surface area contributed by atoms with Crippen molar-refractivity contribution in [3.8, 4) is 5.75 Å². The van der Waals surface area contributed by atoms with E-state index in [1.54, 1.807) is 13.8 Å². The van der Waals surface area contributed by atoms with E-state index < -0.39 is 11.4 Å². The van der Waals surface area contributed by atoms with Crippen molar-refractivity contribution < 1.29 is 19.4 Å². The van der Waals surface area contributed by atoms with Crippen molar-refractivity contribution in [2.24, 2.45) is 11.3 Å². The number of para-hydroxylation sites is 1. The van der Waals surface area contributed by atoms with Crippen LogP contribution >= 0.6 is 0 Å². The Hall–Kier alpha value is -3.02. The van der Waals surface area contributed by atoms with Crippen LogP contribution in [0.3, 0.4) is 0 Å². The molecule has 2 aromatic carbocycles. The molecular formula is C31H44N2O4. The Kier molecular flexibility index (Phi) is 10.4. The Morgan fingerprint density at radius 3 is 2.35 bits per heavy atom. The molecule has 0 saturated carbocycles. The molecule has 3 rings (SSSR count). The lowest BCUT2D eigenvalue weighted by Gasteiger charge is -2.33. The van der Waals surface area contributed by atoms with Gasteiger partial charge in [0.2, 0.25) is 5.91 Å². The van der Waals surface area contributed by atoms with Crippen LogP contribution < -0.4 is 15.0 Å². The molecule has 1 aliphatic rings. The van der Waals surface area contributed by atoms with Crippen LogP contribution in [0.1, 0.15) is 83.4 Å². The second-order valence-electron chi connectivity index (χ2n) is 11.3. The van der Waals surface area contributed by atoms with Crippen molar-refractivity contribution in [3.05, 3.63) is 59.7 Å². The van der Waals surface area contributed by atoms with Gasteiger partial charge in [-0.15, -0.1) is 0 Å². The second kappa shape index (κ2) is 13.5. The number of hydrogen-bond donors (Lipinski definition) is 2. The lowest BCUT2D eigenvalue weighted by atomic mass is 9.88. The molecule has 1 aliphatic heterocycles. The molecule has 0 aliphatic carbocycles. The number of carboxylic acids is 1. The SMILES string of the molecule is CC(C)CC(NC(=O)Cc1ccc(OCCCC(C)(C)C(=O)O)cc1)c1ccccc1N1CCCCC1. The normalized spacial score (nSPS) is 14.9. The van der Waals surface area contributed by atoms with Crippen LogP contribution in [0.5, 0.6) is 5.75 Å². The number of ether oxygens (including phenoxy) is 1. The van der Waals surface area contributed by atoms with Crippen LogP contribution in [0.15, 0.2) is 48.5 Å². The van der Waals surface area contributed by atoms with E-state index in [2.05, 4.69) is 48.3 Å². The number of nitrogens with one attached hydrogen (secondary N) is 1. The van der Waals surface area contributed by atoms with E-state index in [1.165, 1.54) is 30.5 Å². The smallest absolute Gasteiger partial charge is 0.309 e. The molecule has 1 heterocycles. The van der Waals surface area contributed by atoms with Gasteiger partial charge in [0, 0.05) is 18.8 Å². The van der Waals surface area contributed by atoms with E-state index >= 15 is 0 Å². The third kappa shape index (κ3) is 8.80. The molecule has 2 N–H and O–H groups in total. The summed E-state index contributed by atoms with van der Waals surface area (Å²) in [6.45, 7) is 10.5. The van der Waals surface area contributed by atoms with E-state index in [0.29, 0.717) is 31.8 Å². The van der Waals surface area contributed by atoms with Gasteiger partial charge in [-0.3, -0.25) is 9.59 Å². The van der Waals surface area contributed by atoms with Crippen LogP contribution in [0, 0.1) is 11.3 Å². The molecule has 1 amide bonds. The first-order valence-electron chi connectivity index (χ1n) is 13.7. The van der Waals surface area contributed by atoms with Crippen molar-refractivity contribution in [1.29, 1.82) is 0 Å². The summed E-state index contributed by atoms with van der Waals surface area (Å²) in [4.78, 5) is 26.8. The number of benzene rings is 2. The fourth-order valence-electron chi connectivity index (χ4n) is 4.89. The molecule has 1 atom stereocenters. The number of anilines is 1. The minimum Gasteiger partial charge on any atom is -0.494 e. The van der Waals surface area contributed by atoms with Gasteiger partial charge in [-0.25, -0.2) is 0 Å². The van der Waals surface area contributed by atoms with Gasteiger partial charge in [-0.05, 0) is 87.6 Å². The molecule has 0 radical (unpaired) electrons. The van der Waals surface area contributed by atoms with E-state index in [0.717, 1.165) is 30.8 Å². The van der Waals surface area contributed by atoms with Crippen LogP contribution in [0.4, 0.5) is 5.69 Å².